The summed E-state index contributed by atoms with van der Waals surface area (Å²) in [5.74, 6) is 0. The summed E-state index contributed by atoms with van der Waals surface area (Å²) in [6, 6.07) is 7.07. The van der Waals surface area contributed by atoms with Crippen LogP contribution in [0.2, 0.25) is 0 Å². The topological polar surface area (TPSA) is 26.0 Å². The van der Waals surface area contributed by atoms with Crippen molar-refractivity contribution in [3.8, 4) is 0 Å². The minimum Gasteiger partial charge on any atom is -0.330 e. The molecule has 0 bridgehead atoms. The third-order valence-corrected chi connectivity index (χ3v) is 3.39. The fraction of sp³-hybridized carbons (Fsp3) is 0.647. The fourth-order valence-corrected chi connectivity index (χ4v) is 2.01. The summed E-state index contributed by atoms with van der Waals surface area (Å²) >= 11 is 0. The maximum atomic E-state index is 5.62. The maximum Gasteiger partial charge on any atom is -0.00741 e. The zero-order valence-electron chi connectivity index (χ0n) is 12.9. The van der Waals surface area contributed by atoms with Gasteiger partial charge in [0.1, 0.15) is 0 Å². The van der Waals surface area contributed by atoms with Gasteiger partial charge in [0.25, 0.3) is 0 Å². The second kappa shape index (κ2) is 5.44. The van der Waals surface area contributed by atoms with E-state index in [-0.39, 0.29) is 10.8 Å². The van der Waals surface area contributed by atoms with Crippen molar-refractivity contribution in [2.75, 3.05) is 6.54 Å². The Labute approximate surface area is 113 Å². The lowest BCUT2D eigenvalue weighted by molar-refractivity contribution is 0.566. The van der Waals surface area contributed by atoms with Crippen molar-refractivity contribution in [3.63, 3.8) is 0 Å². The summed E-state index contributed by atoms with van der Waals surface area (Å²) in [4.78, 5) is 0. The Morgan fingerprint density at radius 1 is 0.833 bits per heavy atom. The van der Waals surface area contributed by atoms with Crippen molar-refractivity contribution < 1.29 is 0 Å². The molecule has 0 fully saturated rings. The van der Waals surface area contributed by atoms with E-state index in [1.54, 1.807) is 0 Å². The normalized spacial score (nSPS) is 12.8. The van der Waals surface area contributed by atoms with Crippen LogP contribution in [0.4, 0.5) is 0 Å². The monoisotopic (exact) mass is 247 g/mol. The van der Waals surface area contributed by atoms with Crippen LogP contribution in [0.25, 0.3) is 0 Å². The van der Waals surface area contributed by atoms with Crippen molar-refractivity contribution in [2.24, 2.45) is 5.73 Å². The summed E-state index contributed by atoms with van der Waals surface area (Å²) in [5.41, 5.74) is 10.3. The van der Waals surface area contributed by atoms with Gasteiger partial charge in [-0.1, -0.05) is 59.7 Å². The lowest BCUT2D eigenvalue weighted by atomic mass is 9.79. The van der Waals surface area contributed by atoms with E-state index >= 15 is 0 Å². The Hall–Kier alpha value is -0.820. The molecule has 1 aromatic rings. The second-order valence-electron chi connectivity index (χ2n) is 7.31. The van der Waals surface area contributed by atoms with Crippen LogP contribution in [0.5, 0.6) is 0 Å². The maximum absolute atomic E-state index is 5.62. The molecule has 1 rings (SSSR count). The van der Waals surface area contributed by atoms with E-state index in [9.17, 15) is 0 Å². The van der Waals surface area contributed by atoms with Crippen LogP contribution in [0.3, 0.4) is 0 Å². The predicted molar refractivity (Wildman–Crippen MR) is 81.2 cm³/mol. The average molecular weight is 247 g/mol. The molecular weight excluding hydrogens is 218 g/mol. The average Bonchev–Trinajstić information content (AvgIpc) is 2.23. The van der Waals surface area contributed by atoms with Gasteiger partial charge in [-0.25, -0.2) is 0 Å². The van der Waals surface area contributed by atoms with Gasteiger partial charge in [-0.2, -0.15) is 0 Å². The Kier molecular flexibility index (Phi) is 4.61. The third-order valence-electron chi connectivity index (χ3n) is 3.39. The molecule has 0 unspecified atom stereocenters. The number of hydrogen-bond acceptors (Lipinski definition) is 1. The SMILES string of the molecule is CC(C)(C)c1cc(CCCN)cc(C(C)(C)C)c1. The quantitative estimate of drug-likeness (QED) is 0.852. The zero-order chi connectivity index (χ0) is 14.0. The highest BCUT2D eigenvalue weighted by Crippen LogP contribution is 2.30. The molecule has 0 atom stereocenters. The molecule has 1 heteroatoms. The van der Waals surface area contributed by atoms with Gasteiger partial charge in [-0.05, 0) is 46.9 Å². The largest absolute Gasteiger partial charge is 0.330 e. The van der Waals surface area contributed by atoms with Gasteiger partial charge in [-0.15, -0.1) is 0 Å². The molecule has 0 aliphatic rings. The van der Waals surface area contributed by atoms with Crippen LogP contribution in [-0.4, -0.2) is 6.54 Å². The molecule has 0 aliphatic heterocycles. The second-order valence-corrected chi connectivity index (χ2v) is 7.31. The van der Waals surface area contributed by atoms with Crippen LogP contribution in [0.15, 0.2) is 18.2 Å². The molecule has 0 amide bonds. The fourth-order valence-electron chi connectivity index (χ4n) is 2.01. The number of benzene rings is 1. The molecule has 102 valence electrons. The summed E-state index contributed by atoms with van der Waals surface area (Å²) in [6.45, 7) is 14.4. The van der Waals surface area contributed by atoms with Crippen molar-refractivity contribution in [3.05, 3.63) is 34.9 Å². The van der Waals surface area contributed by atoms with Crippen molar-refractivity contribution in [2.45, 2.75) is 65.2 Å². The number of aryl methyl sites for hydroxylation is 1. The minimum absolute atomic E-state index is 0.207. The molecule has 1 aromatic carbocycles. The van der Waals surface area contributed by atoms with Crippen LogP contribution in [-0.2, 0) is 17.3 Å². The summed E-state index contributed by atoms with van der Waals surface area (Å²) in [7, 11) is 0. The van der Waals surface area contributed by atoms with Gasteiger partial charge >= 0.3 is 0 Å². The van der Waals surface area contributed by atoms with Crippen LogP contribution < -0.4 is 5.73 Å². The molecule has 0 radical (unpaired) electrons. The third kappa shape index (κ3) is 4.13. The van der Waals surface area contributed by atoms with E-state index in [1.807, 2.05) is 0 Å². The molecule has 0 spiro atoms. The van der Waals surface area contributed by atoms with Crippen molar-refractivity contribution in [1.29, 1.82) is 0 Å². The first-order valence-corrected chi connectivity index (χ1v) is 6.99. The first kappa shape index (κ1) is 15.2. The van der Waals surface area contributed by atoms with Gasteiger partial charge < -0.3 is 5.73 Å². The van der Waals surface area contributed by atoms with Crippen LogP contribution in [0, 0.1) is 0 Å². The molecule has 2 N–H and O–H groups in total. The van der Waals surface area contributed by atoms with E-state index in [0.717, 1.165) is 19.4 Å². The Morgan fingerprint density at radius 2 is 1.28 bits per heavy atom. The van der Waals surface area contributed by atoms with E-state index in [4.69, 9.17) is 5.73 Å². The highest BCUT2D eigenvalue weighted by Gasteiger charge is 2.20. The Balaban J connectivity index is 3.21. The zero-order valence-corrected chi connectivity index (χ0v) is 12.9. The molecule has 18 heavy (non-hydrogen) atoms. The number of rotatable bonds is 3. The molecule has 0 aliphatic carbocycles. The van der Waals surface area contributed by atoms with Gasteiger partial charge in [0.2, 0.25) is 0 Å². The number of nitrogens with two attached hydrogens (primary N) is 1. The smallest absolute Gasteiger partial charge is 0.00741 e. The van der Waals surface area contributed by atoms with Crippen molar-refractivity contribution >= 4 is 0 Å². The minimum atomic E-state index is 0.207. The molecule has 0 saturated heterocycles. The Morgan fingerprint density at radius 3 is 1.61 bits per heavy atom. The van der Waals surface area contributed by atoms with E-state index in [0.29, 0.717) is 0 Å². The molecule has 1 nitrogen and oxygen atoms in total. The Bertz CT molecular complexity index is 359. The van der Waals surface area contributed by atoms with E-state index in [1.165, 1.54) is 16.7 Å². The molecule has 0 aromatic heterocycles. The predicted octanol–water partition coefficient (Wildman–Crippen LogP) is 4.17. The first-order chi connectivity index (χ1) is 8.14. The lowest BCUT2D eigenvalue weighted by Gasteiger charge is -2.26. The summed E-state index contributed by atoms with van der Waals surface area (Å²) in [5, 5.41) is 0. The summed E-state index contributed by atoms with van der Waals surface area (Å²) in [6.07, 6.45) is 2.15. The highest BCUT2D eigenvalue weighted by molar-refractivity contribution is 5.37. The summed E-state index contributed by atoms with van der Waals surface area (Å²) < 4.78 is 0. The lowest BCUT2D eigenvalue weighted by Crippen LogP contribution is -2.17. The van der Waals surface area contributed by atoms with E-state index < -0.39 is 0 Å². The van der Waals surface area contributed by atoms with Crippen LogP contribution >= 0.6 is 0 Å². The first-order valence-electron chi connectivity index (χ1n) is 6.99. The highest BCUT2D eigenvalue weighted by atomic mass is 14.5. The molecule has 0 heterocycles. The van der Waals surface area contributed by atoms with Gasteiger partial charge in [0, 0.05) is 0 Å². The molecular formula is C17H29N. The van der Waals surface area contributed by atoms with Gasteiger partial charge in [-0.3, -0.25) is 0 Å². The van der Waals surface area contributed by atoms with Gasteiger partial charge in [0.05, 0.1) is 0 Å². The van der Waals surface area contributed by atoms with Crippen molar-refractivity contribution in [1.82, 2.24) is 0 Å². The standard InChI is InChI=1S/C17H29N/c1-16(2,3)14-10-13(8-7-9-18)11-15(12-14)17(4,5)6/h10-12H,7-9,18H2,1-6H3. The van der Waals surface area contributed by atoms with E-state index in [2.05, 4.69) is 59.7 Å². The molecule has 0 saturated carbocycles. The van der Waals surface area contributed by atoms with Gasteiger partial charge in [0.15, 0.2) is 0 Å². The number of hydrogen-bond donors (Lipinski definition) is 1. The van der Waals surface area contributed by atoms with Crippen LogP contribution in [0.1, 0.15) is 64.7 Å².